The second-order valence-electron chi connectivity index (χ2n) is 9.70. The van der Waals surface area contributed by atoms with Crippen LogP contribution in [0.15, 0.2) is 83.5 Å². The average Bonchev–Trinajstić information content (AvgIpc) is 3.26. The van der Waals surface area contributed by atoms with Gasteiger partial charge >= 0.3 is 0 Å². The Morgan fingerprint density at radius 2 is 1.67 bits per heavy atom. The maximum Gasteiger partial charge on any atom is 0.216 e. The normalized spacial score (nSPS) is 11.6. The van der Waals surface area contributed by atoms with Crippen LogP contribution in [0.2, 0.25) is 0 Å². The van der Waals surface area contributed by atoms with E-state index >= 15 is 0 Å². The van der Waals surface area contributed by atoms with Gasteiger partial charge in [-0.05, 0) is 42.2 Å². The summed E-state index contributed by atoms with van der Waals surface area (Å²) in [7, 11) is 2.07. The van der Waals surface area contributed by atoms with Crippen LogP contribution in [-0.2, 0) is 7.05 Å². The number of rotatable bonds is 3. The van der Waals surface area contributed by atoms with Crippen LogP contribution in [0, 0.1) is 18.3 Å². The molecular formula is C32H26N3O+. The summed E-state index contributed by atoms with van der Waals surface area (Å²) in [6.07, 6.45) is 3.91. The molecule has 6 rings (SSSR count). The Labute approximate surface area is 210 Å². The molecule has 0 aliphatic carbocycles. The maximum absolute atomic E-state index is 10.1. The number of pyridine rings is 2. The summed E-state index contributed by atoms with van der Waals surface area (Å²) >= 11 is 0. The second-order valence-corrected chi connectivity index (χ2v) is 9.70. The van der Waals surface area contributed by atoms with Crippen molar-refractivity contribution in [3.63, 3.8) is 0 Å². The molecule has 0 radical (unpaired) electrons. The summed E-state index contributed by atoms with van der Waals surface area (Å²) in [5, 5.41) is 13.1. The number of aryl methyl sites for hydroxylation is 2. The Balaban J connectivity index is 1.74. The molecule has 0 unspecified atom stereocenters. The van der Waals surface area contributed by atoms with Crippen LogP contribution in [0.3, 0.4) is 0 Å². The van der Waals surface area contributed by atoms with Gasteiger partial charge in [0.15, 0.2) is 6.20 Å². The fourth-order valence-corrected chi connectivity index (χ4v) is 5.18. The first-order valence-corrected chi connectivity index (χ1v) is 12.2. The Morgan fingerprint density at radius 1 is 0.917 bits per heavy atom. The zero-order valence-corrected chi connectivity index (χ0v) is 20.8. The van der Waals surface area contributed by atoms with E-state index in [1.54, 1.807) is 6.20 Å². The van der Waals surface area contributed by atoms with Gasteiger partial charge in [-0.15, -0.1) is 0 Å². The molecule has 0 bridgehead atoms. The second kappa shape index (κ2) is 8.32. The molecule has 0 saturated heterocycles. The number of para-hydroxylation sites is 1. The maximum atomic E-state index is 10.1. The predicted molar refractivity (Wildman–Crippen MR) is 145 cm³/mol. The highest BCUT2D eigenvalue weighted by molar-refractivity contribution is 6.15. The van der Waals surface area contributed by atoms with Crippen LogP contribution < -0.4 is 4.57 Å². The number of nitrogens with zero attached hydrogens (tertiary/aromatic N) is 3. The number of hydrogen-bond donors (Lipinski definition) is 0. The third kappa shape index (κ3) is 3.28. The molecule has 3 aromatic heterocycles. The van der Waals surface area contributed by atoms with Crippen molar-refractivity contribution >= 4 is 32.8 Å². The summed E-state index contributed by atoms with van der Waals surface area (Å²) in [6.45, 7) is 6.55. The van der Waals surface area contributed by atoms with E-state index in [4.69, 9.17) is 4.42 Å². The van der Waals surface area contributed by atoms with E-state index in [9.17, 15) is 5.26 Å². The Hall–Kier alpha value is -4.49. The minimum absolute atomic E-state index is 0.420. The Bertz CT molecular complexity index is 1850. The number of benzene rings is 3. The first kappa shape index (κ1) is 22.0. The summed E-state index contributed by atoms with van der Waals surface area (Å²) < 4.78 is 8.91. The molecule has 0 saturated carbocycles. The van der Waals surface area contributed by atoms with Crippen molar-refractivity contribution in [1.82, 2.24) is 4.98 Å². The molecule has 3 aromatic carbocycles. The van der Waals surface area contributed by atoms with E-state index in [2.05, 4.69) is 73.9 Å². The van der Waals surface area contributed by atoms with Crippen LogP contribution >= 0.6 is 0 Å². The summed E-state index contributed by atoms with van der Waals surface area (Å²) in [5.41, 5.74) is 9.30. The highest BCUT2D eigenvalue weighted by Crippen LogP contribution is 2.43. The first-order chi connectivity index (χ1) is 17.5. The highest BCUT2D eigenvalue weighted by Gasteiger charge is 2.24. The fourth-order valence-electron chi connectivity index (χ4n) is 5.18. The van der Waals surface area contributed by atoms with Gasteiger partial charge in [-0.3, -0.25) is 4.98 Å². The van der Waals surface area contributed by atoms with Gasteiger partial charge in [0.25, 0.3) is 0 Å². The van der Waals surface area contributed by atoms with Crippen LogP contribution in [0.25, 0.3) is 55.2 Å². The number of furan rings is 1. The van der Waals surface area contributed by atoms with Crippen LogP contribution in [0.4, 0.5) is 0 Å². The fraction of sp³-hybridized carbons (Fsp3) is 0.156. The van der Waals surface area contributed by atoms with E-state index in [1.165, 1.54) is 5.56 Å². The minimum Gasteiger partial charge on any atom is -0.454 e. The van der Waals surface area contributed by atoms with Crippen molar-refractivity contribution in [2.75, 3.05) is 0 Å². The van der Waals surface area contributed by atoms with Gasteiger partial charge in [0.1, 0.15) is 18.2 Å². The largest absolute Gasteiger partial charge is 0.454 e. The molecule has 0 amide bonds. The number of hydrogen-bond acceptors (Lipinski definition) is 3. The van der Waals surface area contributed by atoms with E-state index in [0.29, 0.717) is 11.5 Å². The molecule has 3 heterocycles. The van der Waals surface area contributed by atoms with E-state index in [-0.39, 0.29) is 0 Å². The minimum atomic E-state index is 0.420. The van der Waals surface area contributed by atoms with Gasteiger partial charge < -0.3 is 4.42 Å². The van der Waals surface area contributed by atoms with E-state index in [0.717, 1.165) is 60.8 Å². The molecule has 0 N–H and O–H groups in total. The summed E-state index contributed by atoms with van der Waals surface area (Å²) in [6, 6.07) is 25.1. The Morgan fingerprint density at radius 3 is 2.44 bits per heavy atom. The van der Waals surface area contributed by atoms with E-state index in [1.807, 2.05) is 42.5 Å². The average molecular weight is 469 g/mol. The van der Waals surface area contributed by atoms with Crippen LogP contribution in [-0.4, -0.2) is 4.98 Å². The molecule has 174 valence electrons. The first-order valence-electron chi connectivity index (χ1n) is 12.2. The van der Waals surface area contributed by atoms with Crippen molar-refractivity contribution < 1.29 is 8.98 Å². The molecular weight excluding hydrogens is 442 g/mol. The zero-order chi connectivity index (χ0) is 25.0. The van der Waals surface area contributed by atoms with Crippen molar-refractivity contribution in [3.8, 4) is 28.5 Å². The topological polar surface area (TPSA) is 53.7 Å². The Kier molecular flexibility index (Phi) is 5.09. The van der Waals surface area contributed by atoms with Crippen molar-refractivity contribution in [2.45, 2.75) is 26.7 Å². The lowest BCUT2D eigenvalue weighted by molar-refractivity contribution is -0.660. The van der Waals surface area contributed by atoms with Gasteiger partial charge in [0.2, 0.25) is 5.69 Å². The molecule has 6 aromatic rings. The summed E-state index contributed by atoms with van der Waals surface area (Å²) in [4.78, 5) is 4.66. The molecule has 4 heteroatoms. The molecule has 0 aliphatic rings. The smallest absolute Gasteiger partial charge is 0.216 e. The predicted octanol–water partition coefficient (Wildman–Crippen LogP) is 7.60. The number of aromatic nitrogens is 2. The third-order valence-corrected chi connectivity index (χ3v) is 7.14. The quantitative estimate of drug-likeness (QED) is 0.251. The van der Waals surface area contributed by atoms with Gasteiger partial charge in [-0.25, -0.2) is 4.57 Å². The number of fused-ring (bicyclic) bond motifs is 4. The molecule has 0 aliphatic heterocycles. The molecule has 4 nitrogen and oxygen atoms in total. The zero-order valence-electron chi connectivity index (χ0n) is 20.8. The van der Waals surface area contributed by atoms with Crippen molar-refractivity contribution in [1.29, 1.82) is 5.26 Å². The van der Waals surface area contributed by atoms with Gasteiger partial charge in [-0.1, -0.05) is 50.2 Å². The number of nitriles is 1. The molecule has 0 fully saturated rings. The van der Waals surface area contributed by atoms with Gasteiger partial charge in [-0.2, -0.15) is 5.26 Å². The van der Waals surface area contributed by atoms with E-state index < -0.39 is 0 Å². The monoisotopic (exact) mass is 468 g/mol. The third-order valence-electron chi connectivity index (χ3n) is 7.14. The SMILES string of the molecule is Cc1ccc2c(oc3c(-c4cccc5cccnc45)c(C#N)ccc32)c1-c1cc(C(C)C)cc[n+]1C. The summed E-state index contributed by atoms with van der Waals surface area (Å²) in [5.74, 6) is 0.420. The molecule has 0 spiro atoms. The van der Waals surface area contributed by atoms with Crippen LogP contribution in [0.1, 0.15) is 36.5 Å². The van der Waals surface area contributed by atoms with Crippen molar-refractivity contribution in [2.24, 2.45) is 7.05 Å². The highest BCUT2D eigenvalue weighted by atomic mass is 16.3. The molecule has 0 atom stereocenters. The van der Waals surface area contributed by atoms with Crippen molar-refractivity contribution in [3.05, 3.63) is 95.8 Å². The lowest BCUT2D eigenvalue weighted by Crippen LogP contribution is -2.31. The lowest BCUT2D eigenvalue weighted by Gasteiger charge is -2.09. The standard InChI is InChI=1S/C32H26N3O/c1-19(2)22-14-16-35(4)27(17-22)28-20(3)10-12-24-25-13-11-23(18-33)29(32(25)36-31(24)28)26-9-5-7-21-8-6-15-34-30(21)26/h5-17,19H,1-4H3/q+1. The van der Waals surface area contributed by atoms with Gasteiger partial charge in [0, 0.05) is 45.6 Å². The van der Waals surface area contributed by atoms with Gasteiger partial charge in [0.05, 0.1) is 22.7 Å². The van der Waals surface area contributed by atoms with Crippen LogP contribution in [0.5, 0.6) is 0 Å². The molecule has 36 heavy (non-hydrogen) atoms. The lowest BCUT2D eigenvalue weighted by atomic mass is 9.94.